The van der Waals surface area contributed by atoms with Crippen LogP contribution < -0.4 is 32.0 Å². The van der Waals surface area contributed by atoms with Crippen LogP contribution in [0.25, 0.3) is 10.9 Å². The van der Waals surface area contributed by atoms with Gasteiger partial charge >= 0.3 is 0 Å². The fourth-order valence-corrected chi connectivity index (χ4v) is 4.63. The summed E-state index contributed by atoms with van der Waals surface area (Å²) >= 11 is 0. The van der Waals surface area contributed by atoms with Gasteiger partial charge in [-0.05, 0) is 12.3 Å². The number of amides is 1. The smallest absolute Gasteiger partial charge is 0.232 e. The molecule has 1 amide bonds. The Kier molecular flexibility index (Phi) is 5.32. The van der Waals surface area contributed by atoms with E-state index in [1.54, 1.807) is 0 Å². The molecule has 27 heavy (non-hydrogen) atoms. The van der Waals surface area contributed by atoms with Crippen molar-refractivity contribution in [1.82, 2.24) is 21.3 Å². The lowest BCUT2D eigenvalue weighted by molar-refractivity contribution is -0.907. The van der Waals surface area contributed by atoms with Gasteiger partial charge in [0.15, 0.2) is 12.4 Å². The Hall–Kier alpha value is -1.37. The number of quaternary nitrogens is 1. The van der Waals surface area contributed by atoms with Crippen LogP contribution in [0.5, 0.6) is 0 Å². The molecule has 0 aliphatic carbocycles. The predicted octanol–water partition coefficient (Wildman–Crippen LogP) is -3.14. The Balaban J connectivity index is 1.45. The average Bonchev–Trinajstić information content (AvgIpc) is 3.12. The van der Waals surface area contributed by atoms with Crippen LogP contribution in [0, 0.1) is 5.92 Å². The summed E-state index contributed by atoms with van der Waals surface area (Å²) in [5.41, 5.74) is 15.1. The van der Waals surface area contributed by atoms with Gasteiger partial charge in [0.2, 0.25) is 12.1 Å². The van der Waals surface area contributed by atoms with E-state index in [1.165, 1.54) is 10.9 Å². The molecule has 152 valence electrons. The summed E-state index contributed by atoms with van der Waals surface area (Å²) < 4.78 is 15.0. The van der Waals surface area contributed by atoms with Crippen molar-refractivity contribution in [3.8, 4) is 0 Å². The van der Waals surface area contributed by atoms with Gasteiger partial charge in [-0.1, -0.05) is 6.92 Å². The molecule has 4 rings (SSSR count). The second-order valence-corrected chi connectivity index (χ2v) is 7.86. The molecule has 0 aromatic rings. The zero-order chi connectivity index (χ0) is 19.1. The fraction of sp³-hybridized carbons (Fsp3) is 0.875. The zero-order valence-electron chi connectivity index (χ0n) is 15.7. The number of hydrogen-bond acceptors (Lipinski definition) is 5. The third-order valence-electron chi connectivity index (χ3n) is 5.87. The van der Waals surface area contributed by atoms with Crippen molar-refractivity contribution in [2.45, 2.75) is 63.2 Å². The lowest BCUT2D eigenvalue weighted by Crippen LogP contribution is -3.16. The van der Waals surface area contributed by atoms with E-state index >= 15 is 0 Å². The number of hydrogen-bond donors (Lipinski definition) is 6. The molecule has 3 fully saturated rings. The van der Waals surface area contributed by atoms with Crippen LogP contribution in [-0.2, 0) is 4.79 Å². The first-order valence-electron chi connectivity index (χ1n) is 9.76. The molecule has 0 aromatic carbocycles. The molecule has 4 aliphatic heterocycles. The Bertz CT molecular complexity index is 604. The minimum Gasteiger partial charge on any atom is -0.436 e. The number of carbonyl (C=O) groups is 1. The molecule has 9 unspecified atom stereocenters. The molecule has 7 N–H and O–H groups in total. The molecule has 4 heterocycles. The van der Waals surface area contributed by atoms with Crippen molar-refractivity contribution < 1.29 is 18.9 Å². The maximum atomic E-state index is 13.6. The van der Waals surface area contributed by atoms with E-state index in [0.717, 1.165) is 18.0 Å². The lowest BCUT2D eigenvalue weighted by atomic mass is 9.97. The Morgan fingerprint density at radius 2 is 2.22 bits per heavy atom. The Morgan fingerprint density at radius 3 is 2.96 bits per heavy atom. The number of nitrogens with one attached hydrogen (secondary N) is 5. The number of piperidine rings is 1. The van der Waals surface area contributed by atoms with Gasteiger partial charge in [-0.2, -0.15) is 0 Å². The van der Waals surface area contributed by atoms with Gasteiger partial charge in [0, 0.05) is 33.0 Å². The molecule has 0 radical (unpaired) electrons. The molecular formula is C16H30FN9O. The maximum absolute atomic E-state index is 13.6. The first-order valence-corrected chi connectivity index (χ1v) is 9.76. The van der Waals surface area contributed by atoms with E-state index in [1.807, 2.05) is 6.92 Å². The number of halogens is 1. The summed E-state index contributed by atoms with van der Waals surface area (Å²) in [6.45, 7) is 5.91. The summed E-state index contributed by atoms with van der Waals surface area (Å²) in [7, 11) is 0. The molecule has 3 saturated heterocycles. The minimum atomic E-state index is -1.12. The first-order chi connectivity index (χ1) is 12.9. The van der Waals surface area contributed by atoms with Crippen molar-refractivity contribution in [2.24, 2.45) is 11.7 Å². The van der Waals surface area contributed by atoms with Gasteiger partial charge in [0.05, 0.1) is 6.04 Å². The van der Waals surface area contributed by atoms with Crippen LogP contribution >= 0.6 is 0 Å². The van der Waals surface area contributed by atoms with Crippen LogP contribution in [-0.4, -0.2) is 79.4 Å². The molecule has 9 atom stereocenters. The highest BCUT2D eigenvalue weighted by Crippen LogP contribution is 2.26. The van der Waals surface area contributed by atoms with E-state index in [4.69, 9.17) is 11.2 Å². The molecule has 0 spiro atoms. The summed E-state index contributed by atoms with van der Waals surface area (Å²) in [6.07, 6.45) is 0.415. The van der Waals surface area contributed by atoms with Gasteiger partial charge in [0.25, 0.3) is 0 Å². The van der Waals surface area contributed by atoms with Crippen LogP contribution in [0.15, 0.2) is 0 Å². The van der Waals surface area contributed by atoms with Crippen LogP contribution in [0.4, 0.5) is 4.39 Å². The summed E-state index contributed by atoms with van der Waals surface area (Å²) in [6, 6.07) is 0.136. The number of alkyl halides is 1. The minimum absolute atomic E-state index is 0.0534. The first kappa shape index (κ1) is 19.0. The fourth-order valence-electron chi connectivity index (χ4n) is 4.63. The maximum Gasteiger partial charge on any atom is 0.232 e. The molecule has 11 heteroatoms. The number of nitrogens with zero attached hydrogens (tertiary/aromatic N) is 3. The van der Waals surface area contributed by atoms with Gasteiger partial charge in [-0.3, -0.25) is 20.1 Å². The Morgan fingerprint density at radius 1 is 1.41 bits per heavy atom. The number of nitrogens with two attached hydrogens (primary N) is 1. The normalized spacial score (nSPS) is 47.1. The van der Waals surface area contributed by atoms with E-state index < -0.39 is 24.4 Å². The van der Waals surface area contributed by atoms with Crippen LogP contribution in [0.1, 0.15) is 20.3 Å². The highest BCUT2D eigenvalue weighted by molar-refractivity contribution is 5.81. The summed E-state index contributed by atoms with van der Waals surface area (Å²) in [5.74, 6) is -0.709. The molecule has 10 nitrogen and oxygen atoms in total. The molecular weight excluding hydrogens is 353 g/mol. The Labute approximate surface area is 158 Å². The highest BCUT2D eigenvalue weighted by Gasteiger charge is 2.46. The molecule has 0 bridgehead atoms. The zero-order valence-corrected chi connectivity index (χ0v) is 15.7. The third-order valence-corrected chi connectivity index (χ3v) is 5.87. The third kappa shape index (κ3) is 3.67. The van der Waals surface area contributed by atoms with E-state index in [0.29, 0.717) is 6.54 Å². The largest absolute Gasteiger partial charge is 0.436 e. The monoisotopic (exact) mass is 383 g/mol. The predicted molar refractivity (Wildman–Crippen MR) is 97.4 cm³/mol. The number of carbonyl (C=O) groups excluding carboxylic acids is 1. The second-order valence-electron chi connectivity index (χ2n) is 7.86. The second kappa shape index (κ2) is 7.57. The van der Waals surface area contributed by atoms with Crippen molar-refractivity contribution in [3.05, 3.63) is 10.9 Å². The van der Waals surface area contributed by atoms with Gasteiger partial charge in [0.1, 0.15) is 18.1 Å². The number of rotatable bonds is 3. The van der Waals surface area contributed by atoms with E-state index in [2.05, 4.69) is 33.6 Å². The van der Waals surface area contributed by atoms with Crippen molar-refractivity contribution in [3.63, 3.8) is 0 Å². The van der Waals surface area contributed by atoms with Gasteiger partial charge in [-0.25, -0.2) is 4.39 Å². The van der Waals surface area contributed by atoms with Crippen molar-refractivity contribution >= 4 is 12.1 Å². The topological polar surface area (TPSA) is 127 Å². The molecule has 4 aliphatic rings. The SMILES string of the molecule is CC1[N-][NH+](C2CCNCC2NC(=O)C2C(N)[N-][N+]3=CC(F)CNC23)C(C)N1. The summed E-state index contributed by atoms with van der Waals surface area (Å²) in [4.78, 5) is 13.1. The van der Waals surface area contributed by atoms with E-state index in [9.17, 15) is 9.18 Å². The van der Waals surface area contributed by atoms with Gasteiger partial charge < -0.3 is 32.2 Å². The van der Waals surface area contributed by atoms with Crippen LogP contribution in [0.2, 0.25) is 0 Å². The highest BCUT2D eigenvalue weighted by atomic mass is 19.1. The molecule has 0 saturated carbocycles. The summed E-state index contributed by atoms with van der Waals surface area (Å²) in [5, 5.41) is 14.1. The van der Waals surface area contributed by atoms with Crippen molar-refractivity contribution in [2.75, 3.05) is 19.6 Å². The standard InChI is InChI=1S/C16H30FN9O/c1-8-21-9(2)26(23-8)12-3-4-19-6-11(12)22-16(27)13-14(18)24-25-7-10(17)5-20-15(13)25/h7-15,19-21,26H,3-6,18H2,1-2H3,(H,22,27). The number of fused-ring (bicyclic) bond motifs is 1. The van der Waals surface area contributed by atoms with Gasteiger partial charge in [-0.15, -0.1) is 0 Å². The lowest BCUT2D eigenvalue weighted by Gasteiger charge is -2.43. The van der Waals surface area contributed by atoms with E-state index in [-0.39, 0.29) is 36.9 Å². The van der Waals surface area contributed by atoms with Crippen molar-refractivity contribution in [1.29, 1.82) is 0 Å². The van der Waals surface area contributed by atoms with Crippen LogP contribution in [0.3, 0.4) is 0 Å². The average molecular weight is 383 g/mol. The molecule has 0 aromatic heterocycles. The quantitative estimate of drug-likeness (QED) is 0.287.